The molecule has 1 saturated carbocycles. The van der Waals surface area contributed by atoms with E-state index in [4.69, 9.17) is 0 Å². The molecule has 4 nitrogen and oxygen atoms in total. The molecule has 4 aliphatic rings. The lowest BCUT2D eigenvalue weighted by Gasteiger charge is -2.42. The van der Waals surface area contributed by atoms with Gasteiger partial charge in [0.2, 0.25) is 11.8 Å². The Morgan fingerprint density at radius 1 is 0.931 bits per heavy atom. The van der Waals surface area contributed by atoms with Crippen LogP contribution in [-0.2, 0) is 9.59 Å². The maximum Gasteiger partial charge on any atom is 0.240 e. The van der Waals surface area contributed by atoms with Crippen LogP contribution in [0.1, 0.15) is 31.7 Å². The van der Waals surface area contributed by atoms with E-state index in [0.717, 1.165) is 24.9 Å². The summed E-state index contributed by atoms with van der Waals surface area (Å²) in [6.45, 7) is 2.28. The molecule has 2 unspecified atom stereocenters. The van der Waals surface area contributed by atoms with Gasteiger partial charge in [-0.05, 0) is 54.9 Å². The van der Waals surface area contributed by atoms with Crippen molar-refractivity contribution in [1.82, 2.24) is 0 Å². The number of allylic oxidation sites excluding steroid dienone is 1. The molecule has 2 amide bonds. The van der Waals surface area contributed by atoms with E-state index in [2.05, 4.69) is 30.4 Å². The van der Waals surface area contributed by atoms with Crippen molar-refractivity contribution in [3.05, 3.63) is 65.7 Å². The highest BCUT2D eigenvalue weighted by Gasteiger charge is 2.60. The number of nitrogens with zero attached hydrogens (tertiary/aromatic N) is 1. The summed E-state index contributed by atoms with van der Waals surface area (Å²) in [7, 11) is 0. The predicted molar refractivity (Wildman–Crippen MR) is 113 cm³/mol. The molecule has 4 heteroatoms. The fourth-order valence-corrected chi connectivity index (χ4v) is 6.19. The summed E-state index contributed by atoms with van der Waals surface area (Å²) in [5.74, 6) is 0.110. The van der Waals surface area contributed by atoms with Gasteiger partial charge < -0.3 is 5.32 Å². The predicted octanol–water partition coefficient (Wildman–Crippen LogP) is 4.49. The second-order valence-electron chi connectivity index (χ2n) is 8.99. The van der Waals surface area contributed by atoms with Crippen LogP contribution < -0.4 is 10.2 Å². The largest absolute Gasteiger partial charge is 0.377 e. The first-order valence-corrected chi connectivity index (χ1v) is 10.7. The van der Waals surface area contributed by atoms with Crippen LogP contribution in [0.15, 0.2) is 60.2 Å². The molecule has 2 aliphatic carbocycles. The minimum Gasteiger partial charge on any atom is -0.377 e. The Balaban J connectivity index is 1.52. The van der Waals surface area contributed by atoms with Crippen molar-refractivity contribution in [2.75, 3.05) is 10.2 Å². The van der Waals surface area contributed by atoms with Crippen molar-refractivity contribution in [3.63, 3.8) is 0 Å². The van der Waals surface area contributed by atoms with Crippen molar-refractivity contribution in [2.45, 2.75) is 32.2 Å². The molecule has 2 heterocycles. The topological polar surface area (TPSA) is 49.4 Å². The Morgan fingerprint density at radius 2 is 1.66 bits per heavy atom. The standard InChI is InChI=1S/C25H24N2O2/c1-14-11-12-16-18(13-14)21-22(23-20(16)17-9-5-6-10-19(17)26-23)25(29)27(24(21)28)15-7-3-2-4-8-15/h2-10,14,18,21-23,26H,11-13H2,1H3/t14?,18-,21-,22-,23?/m1/s1. The zero-order valence-electron chi connectivity index (χ0n) is 16.5. The molecule has 0 radical (unpaired) electrons. The second kappa shape index (κ2) is 6.06. The zero-order valence-corrected chi connectivity index (χ0v) is 16.5. The molecular weight excluding hydrogens is 360 g/mol. The lowest BCUT2D eigenvalue weighted by atomic mass is 9.61. The van der Waals surface area contributed by atoms with E-state index in [0.29, 0.717) is 11.6 Å². The number of carbonyl (C=O) groups is 2. The number of hydrogen-bond donors (Lipinski definition) is 1. The Kier molecular flexibility index (Phi) is 3.55. The van der Waals surface area contributed by atoms with Crippen LogP contribution in [0.2, 0.25) is 0 Å². The summed E-state index contributed by atoms with van der Waals surface area (Å²) >= 11 is 0. The van der Waals surface area contributed by atoms with Crippen LogP contribution in [0.5, 0.6) is 0 Å². The minimum atomic E-state index is -0.329. The summed E-state index contributed by atoms with van der Waals surface area (Å²) in [5, 5.41) is 3.62. The number of anilines is 2. The average Bonchev–Trinajstić information content (AvgIpc) is 3.24. The summed E-state index contributed by atoms with van der Waals surface area (Å²) in [6, 6.07) is 17.7. The third-order valence-electron chi connectivity index (χ3n) is 7.40. The molecule has 2 fully saturated rings. The average molecular weight is 384 g/mol. The quantitative estimate of drug-likeness (QED) is 0.737. The van der Waals surface area contributed by atoms with E-state index in [1.807, 2.05) is 36.4 Å². The van der Waals surface area contributed by atoms with Crippen molar-refractivity contribution in [2.24, 2.45) is 23.7 Å². The number of benzene rings is 2. The first kappa shape index (κ1) is 17.0. The first-order chi connectivity index (χ1) is 14.1. The highest BCUT2D eigenvalue weighted by molar-refractivity contribution is 6.23. The van der Waals surface area contributed by atoms with Crippen LogP contribution in [0.3, 0.4) is 0 Å². The number of imide groups is 1. The van der Waals surface area contributed by atoms with Crippen LogP contribution in [0.25, 0.3) is 5.57 Å². The van der Waals surface area contributed by atoms with Crippen LogP contribution >= 0.6 is 0 Å². The number of nitrogens with one attached hydrogen (secondary N) is 1. The van der Waals surface area contributed by atoms with E-state index in [9.17, 15) is 9.59 Å². The zero-order chi connectivity index (χ0) is 19.7. The maximum absolute atomic E-state index is 13.6. The molecule has 1 saturated heterocycles. The van der Waals surface area contributed by atoms with Crippen LogP contribution in [0, 0.1) is 23.7 Å². The Morgan fingerprint density at radius 3 is 2.48 bits per heavy atom. The van der Waals surface area contributed by atoms with Gasteiger partial charge in [0, 0.05) is 11.3 Å². The molecule has 5 atom stereocenters. The van der Waals surface area contributed by atoms with Gasteiger partial charge in [-0.15, -0.1) is 0 Å². The van der Waals surface area contributed by atoms with Gasteiger partial charge in [-0.1, -0.05) is 48.9 Å². The third kappa shape index (κ3) is 2.26. The molecule has 146 valence electrons. The molecular formula is C25H24N2O2. The number of amides is 2. The third-order valence-corrected chi connectivity index (χ3v) is 7.40. The van der Waals surface area contributed by atoms with Gasteiger partial charge in [0.15, 0.2) is 0 Å². The first-order valence-electron chi connectivity index (χ1n) is 10.7. The Hall–Kier alpha value is -2.88. The second-order valence-corrected chi connectivity index (χ2v) is 8.99. The highest BCUT2D eigenvalue weighted by Crippen LogP contribution is 2.57. The number of hydrogen-bond acceptors (Lipinski definition) is 3. The number of fused-ring (bicyclic) bond motifs is 7. The molecule has 0 spiro atoms. The monoisotopic (exact) mass is 384 g/mol. The maximum atomic E-state index is 13.6. The minimum absolute atomic E-state index is 0.0143. The molecule has 2 aliphatic heterocycles. The SMILES string of the molecule is CC1CCC2=C3c4ccccc4NC3[C@@H]3C(=O)N(c4ccccc4)C(=O)[C@@H]3[C@@H]2C1. The van der Waals surface area contributed by atoms with Gasteiger partial charge in [-0.2, -0.15) is 0 Å². The fraction of sp³-hybridized carbons (Fsp3) is 0.360. The van der Waals surface area contributed by atoms with Crippen molar-refractivity contribution in [1.29, 1.82) is 0 Å². The molecule has 0 aromatic heterocycles. The highest BCUT2D eigenvalue weighted by atomic mass is 16.2. The number of para-hydroxylation sites is 2. The van der Waals surface area contributed by atoms with E-state index < -0.39 is 0 Å². The fourth-order valence-electron chi connectivity index (χ4n) is 6.19. The van der Waals surface area contributed by atoms with E-state index in [1.54, 1.807) is 0 Å². The Labute approximate surface area is 170 Å². The summed E-state index contributed by atoms with van der Waals surface area (Å²) in [4.78, 5) is 28.7. The lowest BCUT2D eigenvalue weighted by Crippen LogP contribution is -2.44. The number of rotatable bonds is 1. The van der Waals surface area contributed by atoms with Crippen molar-refractivity contribution >= 4 is 28.8 Å². The molecule has 29 heavy (non-hydrogen) atoms. The van der Waals surface area contributed by atoms with Crippen molar-refractivity contribution < 1.29 is 9.59 Å². The lowest BCUT2D eigenvalue weighted by molar-refractivity contribution is -0.123. The van der Waals surface area contributed by atoms with E-state index in [-0.39, 0.29) is 35.6 Å². The van der Waals surface area contributed by atoms with Crippen LogP contribution in [-0.4, -0.2) is 17.9 Å². The van der Waals surface area contributed by atoms with Gasteiger partial charge in [0.05, 0.1) is 23.6 Å². The molecule has 6 rings (SSSR count). The van der Waals surface area contributed by atoms with Gasteiger partial charge in [-0.25, -0.2) is 4.90 Å². The van der Waals surface area contributed by atoms with Gasteiger partial charge in [0.1, 0.15) is 0 Å². The van der Waals surface area contributed by atoms with Gasteiger partial charge >= 0.3 is 0 Å². The Bertz CT molecular complexity index is 1060. The van der Waals surface area contributed by atoms with E-state index in [1.165, 1.54) is 21.6 Å². The molecule has 0 bridgehead atoms. The normalized spacial score (nSPS) is 32.4. The summed E-state index contributed by atoms with van der Waals surface area (Å²) in [5.41, 5.74) is 5.73. The smallest absolute Gasteiger partial charge is 0.240 e. The van der Waals surface area contributed by atoms with E-state index >= 15 is 0 Å². The summed E-state index contributed by atoms with van der Waals surface area (Å²) < 4.78 is 0. The number of carbonyl (C=O) groups excluding carboxylic acids is 2. The van der Waals surface area contributed by atoms with Gasteiger partial charge in [0.25, 0.3) is 0 Å². The molecule has 1 N–H and O–H groups in total. The van der Waals surface area contributed by atoms with Crippen molar-refractivity contribution in [3.8, 4) is 0 Å². The molecule has 2 aromatic rings. The summed E-state index contributed by atoms with van der Waals surface area (Å²) in [6.07, 6.45) is 3.19. The van der Waals surface area contributed by atoms with Gasteiger partial charge in [-0.3, -0.25) is 9.59 Å². The molecule has 2 aromatic carbocycles. The van der Waals surface area contributed by atoms with Crippen LogP contribution in [0.4, 0.5) is 11.4 Å².